The van der Waals surface area contributed by atoms with Crippen molar-refractivity contribution in [2.24, 2.45) is 0 Å². The van der Waals surface area contributed by atoms with Crippen LogP contribution in [0, 0.1) is 0 Å². The number of thiophene rings is 1. The Balaban J connectivity index is 1.74. The highest BCUT2D eigenvalue weighted by Crippen LogP contribution is 2.39. The van der Waals surface area contributed by atoms with Crippen molar-refractivity contribution in [3.63, 3.8) is 0 Å². The first kappa shape index (κ1) is 14.3. The summed E-state index contributed by atoms with van der Waals surface area (Å²) in [5.74, 6) is -1.02. The van der Waals surface area contributed by atoms with Gasteiger partial charge in [-0.2, -0.15) is 0 Å². The van der Waals surface area contributed by atoms with Gasteiger partial charge in [0, 0.05) is 11.3 Å². The smallest absolute Gasteiger partial charge is 0.339 e. The number of amides is 1. The molecule has 1 aromatic rings. The summed E-state index contributed by atoms with van der Waals surface area (Å²) in [4.78, 5) is 24.7. The van der Waals surface area contributed by atoms with E-state index in [0.29, 0.717) is 17.0 Å². The van der Waals surface area contributed by atoms with E-state index >= 15 is 0 Å². The van der Waals surface area contributed by atoms with Gasteiger partial charge < -0.3 is 10.4 Å². The molecule has 0 radical (unpaired) electrons. The molecule has 0 bridgehead atoms. The Bertz CT molecular complexity index is 615. The van der Waals surface area contributed by atoms with Crippen LogP contribution < -0.4 is 5.32 Å². The Morgan fingerprint density at radius 3 is 2.76 bits per heavy atom. The van der Waals surface area contributed by atoms with Gasteiger partial charge >= 0.3 is 5.97 Å². The first-order chi connectivity index (χ1) is 10.1. The van der Waals surface area contributed by atoms with Crippen LogP contribution in [0.1, 0.15) is 59.3 Å². The molecule has 1 heterocycles. The Kier molecular flexibility index (Phi) is 4.10. The van der Waals surface area contributed by atoms with Crippen LogP contribution >= 0.6 is 11.3 Å². The lowest BCUT2D eigenvalue weighted by Gasteiger charge is -2.12. The Hall–Kier alpha value is -1.62. The highest BCUT2D eigenvalue weighted by Gasteiger charge is 2.27. The van der Waals surface area contributed by atoms with Crippen LogP contribution in [0.4, 0.5) is 5.00 Å². The Morgan fingerprint density at radius 2 is 2.05 bits per heavy atom. The SMILES string of the molecule is O=C(CC1=CCCCC1)Nc1sc2c(c1C(=O)O)CCC2. The lowest BCUT2D eigenvalue weighted by Crippen LogP contribution is -2.14. The van der Waals surface area contributed by atoms with Gasteiger partial charge in [0.2, 0.25) is 5.91 Å². The molecule has 0 fully saturated rings. The molecule has 1 amide bonds. The summed E-state index contributed by atoms with van der Waals surface area (Å²) in [5.41, 5.74) is 2.43. The minimum atomic E-state index is -0.929. The van der Waals surface area contributed by atoms with Crippen LogP contribution in [-0.2, 0) is 17.6 Å². The quantitative estimate of drug-likeness (QED) is 0.832. The number of anilines is 1. The molecule has 0 saturated heterocycles. The molecule has 21 heavy (non-hydrogen) atoms. The average Bonchev–Trinajstić information content (AvgIpc) is 2.99. The maximum atomic E-state index is 12.1. The third-order valence-corrected chi connectivity index (χ3v) is 5.37. The second kappa shape index (κ2) is 6.02. The number of aromatic carboxylic acids is 1. The monoisotopic (exact) mass is 305 g/mol. The van der Waals surface area contributed by atoms with Crippen LogP contribution in [0.2, 0.25) is 0 Å². The number of carboxylic acids is 1. The predicted octanol–water partition coefficient (Wildman–Crippen LogP) is 3.76. The summed E-state index contributed by atoms with van der Waals surface area (Å²) in [6.07, 6.45) is 9.69. The summed E-state index contributed by atoms with van der Waals surface area (Å²) in [6.45, 7) is 0. The number of nitrogens with one attached hydrogen (secondary N) is 1. The number of hydrogen-bond donors (Lipinski definition) is 2. The second-order valence-corrected chi connectivity index (χ2v) is 6.80. The van der Waals surface area contributed by atoms with Gasteiger partial charge in [-0.25, -0.2) is 4.79 Å². The molecule has 0 atom stereocenters. The fraction of sp³-hybridized carbons (Fsp3) is 0.500. The minimum absolute atomic E-state index is 0.0921. The molecule has 2 aliphatic carbocycles. The van der Waals surface area contributed by atoms with Crippen LogP contribution in [0.25, 0.3) is 0 Å². The number of aryl methyl sites for hydroxylation is 1. The van der Waals surface area contributed by atoms with Gasteiger partial charge in [0.15, 0.2) is 0 Å². The first-order valence-electron chi connectivity index (χ1n) is 7.50. The second-order valence-electron chi connectivity index (χ2n) is 5.70. The van der Waals surface area contributed by atoms with Crippen molar-refractivity contribution in [1.29, 1.82) is 0 Å². The Labute approximate surface area is 127 Å². The third-order valence-electron chi connectivity index (χ3n) is 4.16. The zero-order valence-electron chi connectivity index (χ0n) is 11.9. The van der Waals surface area contributed by atoms with E-state index in [1.54, 1.807) is 0 Å². The van der Waals surface area contributed by atoms with Crippen molar-refractivity contribution in [3.8, 4) is 0 Å². The van der Waals surface area contributed by atoms with Crippen molar-refractivity contribution in [2.75, 3.05) is 5.32 Å². The zero-order chi connectivity index (χ0) is 14.8. The maximum Gasteiger partial charge on any atom is 0.339 e. The molecular weight excluding hydrogens is 286 g/mol. The van der Waals surface area contributed by atoms with Gasteiger partial charge in [0.25, 0.3) is 0 Å². The molecule has 2 aliphatic rings. The van der Waals surface area contributed by atoms with Gasteiger partial charge in [-0.3, -0.25) is 4.79 Å². The molecular formula is C16H19NO3S. The van der Waals surface area contributed by atoms with Crippen molar-refractivity contribution in [1.82, 2.24) is 0 Å². The van der Waals surface area contributed by atoms with Crippen molar-refractivity contribution >= 4 is 28.2 Å². The molecule has 112 valence electrons. The third kappa shape index (κ3) is 3.02. The van der Waals surface area contributed by atoms with E-state index in [1.807, 2.05) is 0 Å². The molecule has 2 N–H and O–H groups in total. The van der Waals surface area contributed by atoms with E-state index in [9.17, 15) is 14.7 Å². The zero-order valence-corrected chi connectivity index (χ0v) is 12.7. The van der Waals surface area contributed by atoms with E-state index in [0.717, 1.165) is 49.0 Å². The number of carbonyl (C=O) groups is 2. The van der Waals surface area contributed by atoms with Crippen LogP contribution in [0.3, 0.4) is 0 Å². The normalized spacial score (nSPS) is 17.2. The molecule has 0 aromatic carbocycles. The van der Waals surface area contributed by atoms with Gasteiger partial charge in [0.1, 0.15) is 5.00 Å². The van der Waals surface area contributed by atoms with Crippen LogP contribution in [-0.4, -0.2) is 17.0 Å². The maximum absolute atomic E-state index is 12.1. The van der Waals surface area contributed by atoms with Gasteiger partial charge in [-0.05, 0) is 50.5 Å². The topological polar surface area (TPSA) is 66.4 Å². The number of rotatable bonds is 4. The first-order valence-corrected chi connectivity index (χ1v) is 8.32. The molecule has 5 heteroatoms. The molecule has 3 rings (SSSR count). The molecule has 0 saturated carbocycles. The summed E-state index contributed by atoms with van der Waals surface area (Å²) in [5, 5.41) is 12.7. The highest BCUT2D eigenvalue weighted by molar-refractivity contribution is 7.17. The van der Waals surface area contributed by atoms with Gasteiger partial charge in [0.05, 0.1) is 5.56 Å². The van der Waals surface area contributed by atoms with E-state index < -0.39 is 5.97 Å². The average molecular weight is 305 g/mol. The van der Waals surface area contributed by atoms with E-state index in [2.05, 4.69) is 11.4 Å². The van der Waals surface area contributed by atoms with Crippen molar-refractivity contribution < 1.29 is 14.7 Å². The molecule has 1 aromatic heterocycles. The number of carbonyl (C=O) groups excluding carboxylic acids is 1. The number of carboxylic acid groups (broad SMARTS) is 1. The van der Waals surface area contributed by atoms with Crippen molar-refractivity contribution in [3.05, 3.63) is 27.7 Å². The van der Waals surface area contributed by atoms with Crippen LogP contribution in [0.5, 0.6) is 0 Å². The van der Waals surface area contributed by atoms with Crippen molar-refractivity contribution in [2.45, 2.75) is 51.4 Å². The largest absolute Gasteiger partial charge is 0.478 e. The highest BCUT2D eigenvalue weighted by atomic mass is 32.1. The number of hydrogen-bond acceptors (Lipinski definition) is 3. The molecule has 4 nitrogen and oxygen atoms in total. The number of allylic oxidation sites excluding steroid dienone is 1. The molecule has 0 aliphatic heterocycles. The Morgan fingerprint density at radius 1 is 1.19 bits per heavy atom. The van der Waals surface area contributed by atoms with E-state index in [4.69, 9.17) is 0 Å². The summed E-state index contributed by atoms with van der Waals surface area (Å²) in [6, 6.07) is 0. The van der Waals surface area contributed by atoms with E-state index in [-0.39, 0.29) is 5.91 Å². The standard InChI is InChI=1S/C16H19NO3S/c18-13(9-10-5-2-1-3-6-10)17-15-14(16(19)20)11-7-4-8-12(11)21-15/h5H,1-4,6-9H2,(H,17,18)(H,19,20). The molecule has 0 spiro atoms. The van der Waals surface area contributed by atoms with Crippen LogP contribution in [0.15, 0.2) is 11.6 Å². The lowest BCUT2D eigenvalue weighted by atomic mass is 9.97. The lowest BCUT2D eigenvalue weighted by molar-refractivity contribution is -0.115. The number of fused-ring (bicyclic) bond motifs is 1. The fourth-order valence-electron chi connectivity index (χ4n) is 3.16. The predicted molar refractivity (Wildman–Crippen MR) is 83.1 cm³/mol. The van der Waals surface area contributed by atoms with Gasteiger partial charge in [-0.1, -0.05) is 11.6 Å². The summed E-state index contributed by atoms with van der Waals surface area (Å²) >= 11 is 1.44. The fourth-order valence-corrected chi connectivity index (χ4v) is 4.46. The van der Waals surface area contributed by atoms with Gasteiger partial charge in [-0.15, -0.1) is 11.3 Å². The minimum Gasteiger partial charge on any atom is -0.478 e. The van der Waals surface area contributed by atoms with E-state index in [1.165, 1.54) is 23.3 Å². The summed E-state index contributed by atoms with van der Waals surface area (Å²) in [7, 11) is 0. The summed E-state index contributed by atoms with van der Waals surface area (Å²) < 4.78 is 0. The molecule has 0 unspecified atom stereocenters.